The fourth-order valence-electron chi connectivity index (χ4n) is 6.77. The summed E-state index contributed by atoms with van der Waals surface area (Å²) in [5.74, 6) is -0.889. The van der Waals surface area contributed by atoms with E-state index >= 15 is 0 Å². The number of aliphatic hydroxyl groups is 2. The van der Waals surface area contributed by atoms with Gasteiger partial charge in [0.2, 0.25) is 0 Å². The zero-order valence-electron chi connectivity index (χ0n) is 25.1. The number of aryl methyl sites for hydroxylation is 4. The number of ether oxygens (including phenoxy) is 2. The Bertz CT molecular complexity index is 1300. The van der Waals surface area contributed by atoms with Crippen molar-refractivity contribution in [3.05, 3.63) is 142 Å². The Morgan fingerprint density at radius 3 is 1.00 bits per heavy atom. The summed E-state index contributed by atoms with van der Waals surface area (Å²) in [5.41, 5.74) is 4.03. The summed E-state index contributed by atoms with van der Waals surface area (Å²) < 4.78 is 14.1. The number of hydrogen-bond acceptors (Lipinski definition) is 4. The minimum atomic E-state index is -1.60. The molecule has 42 heavy (non-hydrogen) atoms. The third-order valence-electron chi connectivity index (χ3n) is 9.36. The molecule has 2 aliphatic rings. The Morgan fingerprint density at radius 1 is 0.476 bits per heavy atom. The van der Waals surface area contributed by atoms with E-state index in [1.54, 1.807) is 0 Å². The second-order valence-corrected chi connectivity index (χ2v) is 12.5. The fraction of sp³-hybridized carbons (Fsp3) is 0.368. The topological polar surface area (TPSA) is 58.9 Å². The van der Waals surface area contributed by atoms with Crippen molar-refractivity contribution in [1.29, 1.82) is 0 Å². The molecular formula is C38H42O4. The van der Waals surface area contributed by atoms with Crippen LogP contribution in [0.3, 0.4) is 0 Å². The van der Waals surface area contributed by atoms with Gasteiger partial charge in [0, 0.05) is 12.8 Å². The van der Waals surface area contributed by atoms with Gasteiger partial charge in [-0.2, -0.15) is 0 Å². The molecule has 0 radical (unpaired) electrons. The van der Waals surface area contributed by atoms with Crippen LogP contribution in [0.1, 0.15) is 76.6 Å². The minimum absolute atomic E-state index is 0.707. The van der Waals surface area contributed by atoms with Crippen LogP contribution in [0, 0.1) is 27.7 Å². The van der Waals surface area contributed by atoms with E-state index in [9.17, 15) is 10.2 Å². The Kier molecular flexibility index (Phi) is 7.61. The molecule has 0 unspecified atom stereocenters. The molecule has 218 valence electrons. The van der Waals surface area contributed by atoms with Gasteiger partial charge in [-0.1, -0.05) is 126 Å². The second-order valence-electron chi connectivity index (χ2n) is 12.5. The van der Waals surface area contributed by atoms with Gasteiger partial charge < -0.3 is 19.7 Å². The van der Waals surface area contributed by atoms with Crippen molar-refractivity contribution in [3.8, 4) is 0 Å². The predicted molar refractivity (Wildman–Crippen MR) is 166 cm³/mol. The molecular weight excluding hydrogens is 520 g/mol. The molecule has 1 aliphatic carbocycles. The molecule has 0 aromatic heterocycles. The lowest BCUT2D eigenvalue weighted by Gasteiger charge is -2.42. The van der Waals surface area contributed by atoms with Gasteiger partial charge in [-0.15, -0.1) is 0 Å². The van der Waals surface area contributed by atoms with Crippen molar-refractivity contribution in [3.63, 3.8) is 0 Å². The zero-order chi connectivity index (χ0) is 29.5. The van der Waals surface area contributed by atoms with Gasteiger partial charge in [-0.25, -0.2) is 0 Å². The molecule has 1 spiro atoms. The summed E-state index contributed by atoms with van der Waals surface area (Å²) in [6.45, 7) is 8.16. The summed E-state index contributed by atoms with van der Waals surface area (Å²) in [4.78, 5) is 0. The second kappa shape index (κ2) is 11.1. The summed E-state index contributed by atoms with van der Waals surface area (Å²) >= 11 is 0. The van der Waals surface area contributed by atoms with Crippen LogP contribution in [0.2, 0.25) is 0 Å². The Balaban J connectivity index is 1.60. The van der Waals surface area contributed by atoms with Crippen LogP contribution in [-0.4, -0.2) is 28.2 Å². The Labute approximate surface area is 250 Å². The lowest BCUT2D eigenvalue weighted by atomic mass is 9.71. The normalized spacial score (nSPS) is 20.6. The monoisotopic (exact) mass is 562 g/mol. The van der Waals surface area contributed by atoms with E-state index in [1.807, 2.05) is 125 Å². The maximum absolute atomic E-state index is 13.1. The van der Waals surface area contributed by atoms with Crippen LogP contribution in [-0.2, 0) is 20.7 Å². The lowest BCUT2D eigenvalue weighted by Crippen LogP contribution is -2.55. The van der Waals surface area contributed by atoms with Gasteiger partial charge in [0.15, 0.2) is 5.79 Å². The highest BCUT2D eigenvalue weighted by Crippen LogP contribution is 2.53. The minimum Gasteiger partial charge on any atom is -0.378 e. The van der Waals surface area contributed by atoms with E-state index in [0.29, 0.717) is 22.3 Å². The first kappa shape index (κ1) is 28.8. The number of hydrogen-bond donors (Lipinski definition) is 2. The average molecular weight is 563 g/mol. The summed E-state index contributed by atoms with van der Waals surface area (Å²) in [6, 6.07) is 31.9. The fourth-order valence-corrected chi connectivity index (χ4v) is 6.77. The van der Waals surface area contributed by atoms with Crippen molar-refractivity contribution >= 4 is 0 Å². The first-order valence-corrected chi connectivity index (χ1v) is 15.2. The molecule has 1 aliphatic heterocycles. The van der Waals surface area contributed by atoms with E-state index in [0.717, 1.165) is 54.4 Å². The number of rotatable bonds is 6. The summed E-state index contributed by atoms with van der Waals surface area (Å²) in [6.07, 6.45) is 2.68. The third kappa shape index (κ3) is 5.01. The van der Waals surface area contributed by atoms with Crippen molar-refractivity contribution in [2.75, 3.05) is 0 Å². The quantitative estimate of drug-likeness (QED) is 0.255. The van der Waals surface area contributed by atoms with E-state index < -0.39 is 29.2 Å². The largest absolute Gasteiger partial charge is 0.378 e. The molecule has 2 atom stereocenters. The molecule has 4 nitrogen and oxygen atoms in total. The highest BCUT2D eigenvalue weighted by molar-refractivity contribution is 5.45. The van der Waals surface area contributed by atoms with Crippen LogP contribution in [0.15, 0.2) is 97.1 Å². The van der Waals surface area contributed by atoms with E-state index in [4.69, 9.17) is 9.47 Å². The highest BCUT2D eigenvalue weighted by atomic mass is 16.8. The third-order valence-corrected chi connectivity index (χ3v) is 9.36. The van der Waals surface area contributed by atoms with Crippen molar-refractivity contribution in [2.24, 2.45) is 0 Å². The van der Waals surface area contributed by atoms with Gasteiger partial charge >= 0.3 is 0 Å². The van der Waals surface area contributed by atoms with E-state index in [-0.39, 0.29) is 0 Å². The molecule has 4 aromatic carbocycles. The molecule has 1 saturated heterocycles. The summed E-state index contributed by atoms with van der Waals surface area (Å²) in [5, 5.41) is 26.3. The molecule has 1 saturated carbocycles. The van der Waals surface area contributed by atoms with Crippen LogP contribution >= 0.6 is 0 Å². The van der Waals surface area contributed by atoms with Crippen LogP contribution in [0.25, 0.3) is 0 Å². The maximum atomic E-state index is 13.1. The van der Waals surface area contributed by atoms with Crippen LogP contribution < -0.4 is 0 Å². The molecule has 0 bridgehead atoms. The van der Waals surface area contributed by atoms with E-state index in [1.165, 1.54) is 0 Å². The predicted octanol–water partition coefficient (Wildman–Crippen LogP) is 7.54. The number of benzene rings is 4. The highest BCUT2D eigenvalue weighted by Gasteiger charge is 2.63. The molecule has 1 heterocycles. The molecule has 2 fully saturated rings. The summed E-state index contributed by atoms with van der Waals surface area (Å²) in [7, 11) is 0. The molecule has 0 amide bonds. The first-order valence-electron chi connectivity index (χ1n) is 15.2. The van der Waals surface area contributed by atoms with Crippen LogP contribution in [0.4, 0.5) is 0 Å². The van der Waals surface area contributed by atoms with Crippen molar-refractivity contribution < 1.29 is 19.7 Å². The standard InChI is InChI=1S/C38H42O4/c1-26-8-16-30(17-9-26)37(39,31-18-10-27(2)11-19-31)34-35(42-36(41-34)24-6-5-7-25-36)38(40,32-20-12-28(3)13-21-32)33-22-14-29(4)15-23-33/h8-23,34-35,39-40H,5-7,24-25H2,1-4H3/t34-,35-/m1/s1. The first-order chi connectivity index (χ1) is 20.1. The van der Waals surface area contributed by atoms with Gasteiger partial charge in [-0.05, 0) is 62.8 Å². The SMILES string of the molecule is Cc1ccc(C(O)(c2ccc(C)cc2)[C@@H]2OC3(CCCCC3)O[C@H]2C(O)(c2ccc(C)cc2)c2ccc(C)cc2)cc1. The van der Waals surface area contributed by atoms with E-state index in [2.05, 4.69) is 0 Å². The van der Waals surface area contributed by atoms with Crippen molar-refractivity contribution in [2.45, 2.75) is 89.0 Å². The van der Waals surface area contributed by atoms with Gasteiger partial charge in [0.05, 0.1) is 0 Å². The molecule has 2 N–H and O–H groups in total. The molecule has 4 heteroatoms. The maximum Gasteiger partial charge on any atom is 0.169 e. The molecule has 6 rings (SSSR count). The van der Waals surface area contributed by atoms with Gasteiger partial charge in [0.25, 0.3) is 0 Å². The average Bonchev–Trinajstić information content (AvgIpc) is 3.37. The van der Waals surface area contributed by atoms with Crippen LogP contribution in [0.5, 0.6) is 0 Å². The lowest BCUT2D eigenvalue weighted by molar-refractivity contribution is -0.213. The smallest absolute Gasteiger partial charge is 0.169 e. The van der Waals surface area contributed by atoms with Gasteiger partial charge in [-0.3, -0.25) is 0 Å². The molecule has 4 aromatic rings. The Morgan fingerprint density at radius 2 is 0.738 bits per heavy atom. The Hall–Kier alpha value is -3.28. The van der Waals surface area contributed by atoms with Gasteiger partial charge in [0.1, 0.15) is 23.4 Å². The zero-order valence-corrected chi connectivity index (χ0v) is 25.1. The van der Waals surface area contributed by atoms with Crippen molar-refractivity contribution in [1.82, 2.24) is 0 Å².